The van der Waals surface area contributed by atoms with Crippen LogP contribution in [-0.4, -0.2) is 30.0 Å². The van der Waals surface area contributed by atoms with Crippen molar-refractivity contribution in [3.63, 3.8) is 0 Å². The molecule has 6 N–H and O–H groups in total. The van der Waals surface area contributed by atoms with Crippen LogP contribution in [0.5, 0.6) is 0 Å². The molecule has 10 nitrogen and oxygen atoms in total. The zero-order valence-corrected chi connectivity index (χ0v) is 15.6. The van der Waals surface area contributed by atoms with Crippen LogP contribution in [0, 0.1) is 5.92 Å². The standard InChI is InChI=1S/C16H30N4O6/c1-4-7-8-9-10-11(5-2)16(6-3,25-14(23)19-12(17)21)26-15(24)20-13(18)22/h11H,4-10H2,1-3H3,(H3,17,19,21,23)(H3,18,20,22,24). The molecule has 0 bridgehead atoms. The van der Waals surface area contributed by atoms with Crippen molar-refractivity contribution in [2.24, 2.45) is 17.4 Å². The lowest BCUT2D eigenvalue weighted by molar-refractivity contribution is -0.201. The number of nitrogens with one attached hydrogen (secondary N) is 2. The van der Waals surface area contributed by atoms with E-state index in [-0.39, 0.29) is 12.3 Å². The Bertz CT molecular complexity index is 467. The quantitative estimate of drug-likeness (QED) is 0.339. The van der Waals surface area contributed by atoms with Crippen LogP contribution in [0.2, 0.25) is 0 Å². The highest BCUT2D eigenvalue weighted by atomic mass is 16.7. The average Bonchev–Trinajstić information content (AvgIpc) is 2.52. The molecule has 0 aliphatic heterocycles. The lowest BCUT2D eigenvalue weighted by atomic mass is 9.88. The number of primary amides is 2. The Hall–Kier alpha value is -2.52. The van der Waals surface area contributed by atoms with Crippen molar-refractivity contribution in [3.05, 3.63) is 0 Å². The van der Waals surface area contributed by atoms with Gasteiger partial charge in [-0.3, -0.25) is 0 Å². The fraction of sp³-hybridized carbons (Fsp3) is 0.750. The Morgan fingerprint density at radius 2 is 1.38 bits per heavy atom. The SMILES string of the molecule is CCCCCCC(CC)C(CC)(OC(=O)NC(N)=O)OC(=O)NC(N)=O. The Morgan fingerprint density at radius 3 is 1.73 bits per heavy atom. The number of rotatable bonds is 10. The number of alkyl carbamates (subject to hydrolysis) is 2. The molecule has 0 saturated heterocycles. The van der Waals surface area contributed by atoms with Crippen molar-refractivity contribution < 1.29 is 28.7 Å². The first-order valence-corrected chi connectivity index (χ1v) is 8.79. The lowest BCUT2D eigenvalue weighted by Crippen LogP contribution is -2.52. The molecule has 0 spiro atoms. The van der Waals surface area contributed by atoms with E-state index in [2.05, 4.69) is 6.92 Å². The van der Waals surface area contributed by atoms with Crippen LogP contribution in [0.4, 0.5) is 19.2 Å². The second kappa shape index (κ2) is 11.9. The number of urea groups is 2. The van der Waals surface area contributed by atoms with Gasteiger partial charge in [-0.25, -0.2) is 29.8 Å². The van der Waals surface area contributed by atoms with E-state index in [0.29, 0.717) is 12.8 Å². The number of imide groups is 2. The third-order valence-corrected chi connectivity index (χ3v) is 4.00. The third-order valence-electron chi connectivity index (χ3n) is 4.00. The Kier molecular flexibility index (Phi) is 10.8. The summed E-state index contributed by atoms with van der Waals surface area (Å²) in [6.45, 7) is 5.60. The molecule has 1 unspecified atom stereocenters. The molecular weight excluding hydrogens is 344 g/mol. The molecule has 0 aliphatic carbocycles. The fourth-order valence-corrected chi connectivity index (χ4v) is 2.74. The van der Waals surface area contributed by atoms with Gasteiger partial charge in [-0.05, 0) is 12.8 Å². The van der Waals surface area contributed by atoms with Crippen molar-refractivity contribution >= 4 is 24.2 Å². The van der Waals surface area contributed by atoms with E-state index in [0.717, 1.165) is 25.7 Å². The predicted octanol–water partition coefficient (Wildman–Crippen LogP) is 2.70. The summed E-state index contributed by atoms with van der Waals surface area (Å²) in [7, 11) is 0. The van der Waals surface area contributed by atoms with Gasteiger partial charge in [-0.15, -0.1) is 0 Å². The van der Waals surface area contributed by atoms with Gasteiger partial charge in [-0.1, -0.05) is 46.5 Å². The third kappa shape index (κ3) is 8.54. The van der Waals surface area contributed by atoms with Gasteiger partial charge < -0.3 is 20.9 Å². The van der Waals surface area contributed by atoms with Gasteiger partial charge in [0, 0.05) is 12.3 Å². The van der Waals surface area contributed by atoms with Gasteiger partial charge in [0.1, 0.15) is 0 Å². The first-order chi connectivity index (χ1) is 12.2. The van der Waals surface area contributed by atoms with Crippen molar-refractivity contribution in [2.45, 2.75) is 71.5 Å². The van der Waals surface area contributed by atoms with E-state index < -0.39 is 30.0 Å². The van der Waals surface area contributed by atoms with Gasteiger partial charge in [0.2, 0.25) is 0 Å². The maximum Gasteiger partial charge on any atom is 0.418 e. The van der Waals surface area contributed by atoms with Crippen LogP contribution in [-0.2, 0) is 9.47 Å². The topological polar surface area (TPSA) is 163 Å². The zero-order valence-electron chi connectivity index (χ0n) is 15.6. The molecule has 0 aliphatic rings. The van der Waals surface area contributed by atoms with Crippen LogP contribution in [0.25, 0.3) is 0 Å². The Morgan fingerprint density at radius 1 is 0.885 bits per heavy atom. The number of amides is 6. The summed E-state index contributed by atoms with van der Waals surface area (Å²) in [5.41, 5.74) is 9.82. The summed E-state index contributed by atoms with van der Waals surface area (Å²) in [6.07, 6.45) is 2.93. The number of carbonyl (C=O) groups is 4. The minimum Gasteiger partial charge on any atom is -0.406 e. The van der Waals surface area contributed by atoms with Crippen LogP contribution >= 0.6 is 0 Å². The molecule has 0 radical (unpaired) electrons. The summed E-state index contributed by atoms with van der Waals surface area (Å²) in [5, 5.41) is 3.55. The maximum atomic E-state index is 11.9. The van der Waals surface area contributed by atoms with E-state index in [1.165, 1.54) is 0 Å². The molecule has 0 rings (SSSR count). The van der Waals surface area contributed by atoms with Crippen molar-refractivity contribution in [1.82, 2.24) is 10.6 Å². The van der Waals surface area contributed by atoms with E-state index in [1.807, 2.05) is 6.92 Å². The molecule has 1 atom stereocenters. The second-order valence-electron chi connectivity index (χ2n) is 5.88. The molecule has 0 aromatic carbocycles. The van der Waals surface area contributed by atoms with Crippen molar-refractivity contribution in [3.8, 4) is 0 Å². The summed E-state index contributed by atoms with van der Waals surface area (Å²) in [5.74, 6) is -2.01. The second-order valence-corrected chi connectivity index (χ2v) is 5.88. The highest BCUT2D eigenvalue weighted by molar-refractivity contribution is 5.90. The van der Waals surface area contributed by atoms with Gasteiger partial charge in [0.25, 0.3) is 5.79 Å². The Labute approximate surface area is 153 Å². The number of unbranched alkanes of at least 4 members (excludes halogenated alkanes) is 3. The monoisotopic (exact) mass is 374 g/mol. The van der Waals surface area contributed by atoms with Gasteiger partial charge >= 0.3 is 24.2 Å². The van der Waals surface area contributed by atoms with Gasteiger partial charge in [0.15, 0.2) is 0 Å². The Balaban J connectivity index is 5.40. The van der Waals surface area contributed by atoms with Crippen LogP contribution in [0.15, 0.2) is 0 Å². The van der Waals surface area contributed by atoms with Crippen molar-refractivity contribution in [1.29, 1.82) is 0 Å². The number of ether oxygens (including phenoxy) is 2. The maximum absolute atomic E-state index is 11.9. The fourth-order valence-electron chi connectivity index (χ4n) is 2.74. The van der Waals surface area contributed by atoms with E-state index in [4.69, 9.17) is 20.9 Å². The average molecular weight is 374 g/mol. The molecule has 0 aromatic heterocycles. The first kappa shape index (κ1) is 23.5. The highest BCUT2D eigenvalue weighted by Crippen LogP contribution is 2.34. The summed E-state index contributed by atoms with van der Waals surface area (Å²) >= 11 is 0. The molecule has 0 fully saturated rings. The minimum absolute atomic E-state index is 0.109. The molecule has 26 heavy (non-hydrogen) atoms. The molecule has 6 amide bonds. The number of nitrogens with two attached hydrogens (primary N) is 2. The van der Waals surface area contributed by atoms with Crippen LogP contribution in [0.1, 0.15) is 65.7 Å². The zero-order chi connectivity index (χ0) is 20.2. The van der Waals surface area contributed by atoms with E-state index in [9.17, 15) is 19.2 Å². The lowest BCUT2D eigenvalue weighted by Gasteiger charge is -2.37. The van der Waals surface area contributed by atoms with E-state index >= 15 is 0 Å². The molecule has 10 heteroatoms. The predicted molar refractivity (Wildman–Crippen MR) is 94.0 cm³/mol. The summed E-state index contributed by atoms with van der Waals surface area (Å²) in [4.78, 5) is 45.5. The van der Waals surface area contributed by atoms with Gasteiger partial charge in [0.05, 0.1) is 0 Å². The molecule has 0 saturated carbocycles. The molecular formula is C16H30N4O6. The summed E-state index contributed by atoms with van der Waals surface area (Å²) in [6, 6.07) is -2.20. The minimum atomic E-state index is -1.67. The normalized spacial score (nSPS) is 12.0. The number of hydrogen-bond acceptors (Lipinski definition) is 6. The van der Waals surface area contributed by atoms with Crippen molar-refractivity contribution in [2.75, 3.05) is 0 Å². The largest absolute Gasteiger partial charge is 0.418 e. The van der Waals surface area contributed by atoms with Crippen LogP contribution in [0.3, 0.4) is 0 Å². The molecule has 0 aromatic rings. The molecule has 150 valence electrons. The number of hydrogen-bond donors (Lipinski definition) is 4. The molecule has 0 heterocycles. The highest BCUT2D eigenvalue weighted by Gasteiger charge is 2.44. The smallest absolute Gasteiger partial charge is 0.406 e. The van der Waals surface area contributed by atoms with E-state index in [1.54, 1.807) is 17.6 Å². The number of carbonyl (C=O) groups excluding carboxylic acids is 4. The first-order valence-electron chi connectivity index (χ1n) is 8.79. The summed E-state index contributed by atoms with van der Waals surface area (Å²) < 4.78 is 10.5. The van der Waals surface area contributed by atoms with Crippen LogP contribution < -0.4 is 22.1 Å². The van der Waals surface area contributed by atoms with Gasteiger partial charge in [-0.2, -0.15) is 0 Å².